The van der Waals surface area contributed by atoms with Gasteiger partial charge in [-0.05, 0) is 43.0 Å². The summed E-state index contributed by atoms with van der Waals surface area (Å²) < 4.78 is 0. The molecule has 0 aliphatic carbocycles. The first-order valence-corrected chi connectivity index (χ1v) is 4.58. The molecule has 0 unspecified atom stereocenters. The average Bonchev–Trinajstić information content (AvgIpc) is 2.15. The number of carbonyl (C=O) groups excluding carboxylic acids is 2. The Morgan fingerprint density at radius 3 is 1.93 bits per heavy atom. The Morgan fingerprint density at radius 1 is 0.929 bits per heavy atom. The van der Waals surface area contributed by atoms with Gasteiger partial charge in [0.2, 0.25) is 0 Å². The molecule has 0 spiro atoms. The Bertz CT molecular complexity index is 359. The first-order valence-electron chi connectivity index (χ1n) is 4.58. The van der Waals surface area contributed by atoms with Gasteiger partial charge in [-0.3, -0.25) is 0 Å². The third kappa shape index (κ3) is 1.90. The number of aldehydes is 2. The molecule has 0 fully saturated rings. The summed E-state index contributed by atoms with van der Waals surface area (Å²) in [7, 11) is 0. The highest BCUT2D eigenvalue weighted by molar-refractivity contribution is 5.85. The number of hydrogen-bond donors (Lipinski definition) is 0. The zero-order valence-electron chi connectivity index (χ0n) is 8.70. The Kier molecular flexibility index (Phi) is 3.18. The maximum atomic E-state index is 10.7. The zero-order valence-corrected chi connectivity index (χ0v) is 8.70. The number of aryl methyl sites for hydroxylation is 3. The van der Waals surface area contributed by atoms with Gasteiger partial charge in [0, 0.05) is 0 Å². The van der Waals surface area contributed by atoms with E-state index in [1.807, 2.05) is 32.9 Å². The van der Waals surface area contributed by atoms with E-state index >= 15 is 0 Å². The molecule has 0 radical (unpaired) electrons. The van der Waals surface area contributed by atoms with Gasteiger partial charge in [-0.2, -0.15) is 0 Å². The molecule has 0 aromatic heterocycles. The molecule has 74 valence electrons. The van der Waals surface area contributed by atoms with Crippen LogP contribution in [-0.4, -0.2) is 12.6 Å². The second kappa shape index (κ2) is 4.18. The molecule has 0 heterocycles. The highest BCUT2D eigenvalue weighted by Gasteiger charge is 2.12. The van der Waals surface area contributed by atoms with E-state index in [2.05, 4.69) is 0 Å². The van der Waals surface area contributed by atoms with Crippen LogP contribution in [0.25, 0.3) is 0 Å². The van der Waals surface area contributed by atoms with Crippen LogP contribution in [0.3, 0.4) is 0 Å². The summed E-state index contributed by atoms with van der Waals surface area (Å²) in [5.41, 5.74) is 4.11. The monoisotopic (exact) mass is 190 g/mol. The van der Waals surface area contributed by atoms with Crippen molar-refractivity contribution in [1.82, 2.24) is 0 Å². The molecule has 2 heteroatoms. The summed E-state index contributed by atoms with van der Waals surface area (Å²) in [4.78, 5) is 21.3. The van der Waals surface area contributed by atoms with Gasteiger partial charge in [-0.1, -0.05) is 12.1 Å². The van der Waals surface area contributed by atoms with Crippen molar-refractivity contribution in [2.45, 2.75) is 26.7 Å². The van der Waals surface area contributed by atoms with Crippen molar-refractivity contribution in [3.8, 4) is 0 Å². The lowest BCUT2D eigenvalue weighted by atomic mass is 9.93. The van der Waals surface area contributed by atoms with Crippen molar-refractivity contribution in [1.29, 1.82) is 0 Å². The van der Waals surface area contributed by atoms with Gasteiger partial charge < -0.3 is 9.59 Å². The van der Waals surface area contributed by atoms with Gasteiger partial charge in [-0.15, -0.1) is 0 Å². The minimum absolute atomic E-state index is 0.616. The van der Waals surface area contributed by atoms with Gasteiger partial charge in [-0.25, -0.2) is 0 Å². The Balaban J connectivity index is 3.27. The predicted octanol–water partition coefficient (Wildman–Crippen LogP) is 2.09. The smallest absolute Gasteiger partial charge is 0.134 e. The first kappa shape index (κ1) is 10.6. The van der Waals surface area contributed by atoms with E-state index in [1.165, 1.54) is 5.56 Å². The van der Waals surface area contributed by atoms with Crippen LogP contribution in [0.5, 0.6) is 0 Å². The van der Waals surface area contributed by atoms with Crippen LogP contribution in [0.15, 0.2) is 12.1 Å². The summed E-state index contributed by atoms with van der Waals surface area (Å²) in [6.07, 6.45) is 1.37. The summed E-state index contributed by atoms with van der Waals surface area (Å²) in [6.45, 7) is 5.91. The minimum Gasteiger partial charge on any atom is -0.302 e. The van der Waals surface area contributed by atoms with Crippen molar-refractivity contribution in [2.24, 2.45) is 0 Å². The van der Waals surface area contributed by atoms with E-state index in [9.17, 15) is 9.59 Å². The standard InChI is InChI=1S/C12H14O2/c1-8-4-10(3)12(5-9(8)2)11(6-13)7-14/h4-7,11H,1-3H3. The van der Waals surface area contributed by atoms with Gasteiger partial charge in [0.05, 0.1) is 5.92 Å². The molecule has 0 amide bonds. The van der Waals surface area contributed by atoms with Gasteiger partial charge >= 0.3 is 0 Å². The summed E-state index contributed by atoms with van der Waals surface area (Å²) in [5, 5.41) is 0. The van der Waals surface area contributed by atoms with Crippen LogP contribution in [0.1, 0.15) is 28.2 Å². The third-order valence-corrected chi connectivity index (χ3v) is 2.53. The Morgan fingerprint density at radius 2 is 1.43 bits per heavy atom. The molecule has 0 saturated carbocycles. The SMILES string of the molecule is Cc1cc(C)c(C(C=O)C=O)cc1C. The average molecular weight is 190 g/mol. The van der Waals surface area contributed by atoms with Crippen molar-refractivity contribution in [2.75, 3.05) is 0 Å². The molecule has 2 nitrogen and oxygen atoms in total. The minimum atomic E-state index is -0.616. The Labute approximate surface area is 83.9 Å². The summed E-state index contributed by atoms with van der Waals surface area (Å²) in [6, 6.07) is 3.92. The van der Waals surface area contributed by atoms with E-state index in [-0.39, 0.29) is 0 Å². The second-order valence-electron chi connectivity index (χ2n) is 3.59. The van der Waals surface area contributed by atoms with E-state index in [0.29, 0.717) is 12.6 Å². The number of rotatable bonds is 3. The number of benzene rings is 1. The van der Waals surface area contributed by atoms with Crippen molar-refractivity contribution in [3.05, 3.63) is 34.4 Å². The predicted molar refractivity (Wildman–Crippen MR) is 55.5 cm³/mol. The highest BCUT2D eigenvalue weighted by atomic mass is 16.1. The van der Waals surface area contributed by atoms with Crippen molar-refractivity contribution >= 4 is 12.6 Å². The van der Waals surface area contributed by atoms with Crippen molar-refractivity contribution < 1.29 is 9.59 Å². The van der Waals surface area contributed by atoms with Gasteiger partial charge in [0.1, 0.15) is 12.6 Å². The number of carbonyl (C=O) groups is 2. The van der Waals surface area contributed by atoms with Crippen LogP contribution in [0, 0.1) is 20.8 Å². The first-order chi connectivity index (χ1) is 6.60. The molecule has 0 bridgehead atoms. The quantitative estimate of drug-likeness (QED) is 0.540. The molecule has 0 N–H and O–H groups in total. The molecule has 1 aromatic rings. The fourth-order valence-corrected chi connectivity index (χ4v) is 1.52. The molecule has 14 heavy (non-hydrogen) atoms. The van der Waals surface area contributed by atoms with Crippen LogP contribution in [0.4, 0.5) is 0 Å². The Hall–Kier alpha value is -1.44. The second-order valence-corrected chi connectivity index (χ2v) is 3.59. The fourth-order valence-electron chi connectivity index (χ4n) is 1.52. The molecular weight excluding hydrogens is 176 g/mol. The molecule has 0 atom stereocenters. The maximum Gasteiger partial charge on any atom is 0.134 e. The largest absolute Gasteiger partial charge is 0.302 e. The normalized spacial score (nSPS) is 10.3. The molecule has 0 saturated heterocycles. The van der Waals surface area contributed by atoms with Gasteiger partial charge in [0.25, 0.3) is 0 Å². The molecule has 1 aromatic carbocycles. The lowest BCUT2D eigenvalue weighted by Crippen LogP contribution is -2.04. The summed E-state index contributed by atoms with van der Waals surface area (Å²) in [5.74, 6) is -0.616. The van der Waals surface area contributed by atoms with Crippen LogP contribution < -0.4 is 0 Å². The van der Waals surface area contributed by atoms with E-state index in [4.69, 9.17) is 0 Å². The lowest BCUT2D eigenvalue weighted by Gasteiger charge is -2.10. The zero-order chi connectivity index (χ0) is 10.7. The summed E-state index contributed by atoms with van der Waals surface area (Å²) >= 11 is 0. The molecule has 1 rings (SSSR count). The maximum absolute atomic E-state index is 10.7. The van der Waals surface area contributed by atoms with Crippen LogP contribution in [0.2, 0.25) is 0 Å². The fraction of sp³-hybridized carbons (Fsp3) is 0.333. The van der Waals surface area contributed by atoms with E-state index in [0.717, 1.165) is 16.7 Å². The third-order valence-electron chi connectivity index (χ3n) is 2.53. The number of hydrogen-bond acceptors (Lipinski definition) is 2. The van der Waals surface area contributed by atoms with Crippen LogP contribution >= 0.6 is 0 Å². The highest BCUT2D eigenvalue weighted by Crippen LogP contribution is 2.20. The van der Waals surface area contributed by atoms with Crippen LogP contribution in [-0.2, 0) is 9.59 Å². The van der Waals surface area contributed by atoms with E-state index in [1.54, 1.807) is 0 Å². The molecular formula is C12H14O2. The molecule has 0 aliphatic rings. The van der Waals surface area contributed by atoms with Gasteiger partial charge in [0.15, 0.2) is 0 Å². The topological polar surface area (TPSA) is 34.1 Å². The van der Waals surface area contributed by atoms with Crippen molar-refractivity contribution in [3.63, 3.8) is 0 Å². The lowest BCUT2D eigenvalue weighted by molar-refractivity contribution is -0.116. The van der Waals surface area contributed by atoms with E-state index < -0.39 is 5.92 Å². The molecule has 0 aliphatic heterocycles.